The van der Waals surface area contributed by atoms with Crippen LogP contribution in [0, 0.1) is 11.6 Å². The van der Waals surface area contributed by atoms with Crippen LogP contribution in [0.15, 0.2) is 40.9 Å². The summed E-state index contributed by atoms with van der Waals surface area (Å²) < 4.78 is 27.1. The molecule has 3 N–H and O–H groups in total. The molecule has 0 aromatic heterocycles. The highest BCUT2D eigenvalue weighted by Gasteiger charge is 2.24. The molecule has 2 aromatic rings. The Hall–Kier alpha value is -1.01. The summed E-state index contributed by atoms with van der Waals surface area (Å²) in [5.41, 5.74) is 6.60. The lowest BCUT2D eigenvalue weighted by Crippen LogP contribution is -2.20. The van der Waals surface area contributed by atoms with Crippen molar-refractivity contribution in [3.8, 4) is 0 Å². The number of halogens is 4. The van der Waals surface area contributed by atoms with E-state index in [4.69, 9.17) is 17.3 Å². The van der Waals surface area contributed by atoms with Crippen LogP contribution in [0.1, 0.15) is 23.1 Å². The number of benzene rings is 2. The molecule has 6 heteroatoms. The Kier molecular flexibility index (Phi) is 5.32. The van der Waals surface area contributed by atoms with Crippen LogP contribution < -0.4 is 5.73 Å². The zero-order valence-electron chi connectivity index (χ0n) is 10.9. The first-order valence-corrected chi connectivity index (χ1v) is 7.38. The summed E-state index contributed by atoms with van der Waals surface area (Å²) in [6.07, 6.45) is -1.05. The van der Waals surface area contributed by atoms with Crippen LogP contribution in [0.25, 0.3) is 0 Å². The third kappa shape index (κ3) is 3.80. The summed E-state index contributed by atoms with van der Waals surface area (Å²) in [4.78, 5) is 0. The number of nitrogens with two attached hydrogens (primary N) is 1. The van der Waals surface area contributed by atoms with Gasteiger partial charge in [-0.2, -0.15) is 0 Å². The average molecular weight is 377 g/mol. The SMILES string of the molecule is NCC(c1ccc(F)cc1Cl)C(O)c1cc(F)cc(Br)c1. The molecule has 0 bridgehead atoms. The molecule has 21 heavy (non-hydrogen) atoms. The molecule has 0 aliphatic rings. The molecule has 2 atom stereocenters. The van der Waals surface area contributed by atoms with Crippen LogP contribution in [-0.4, -0.2) is 11.7 Å². The minimum Gasteiger partial charge on any atom is -0.388 e. The third-order valence-electron chi connectivity index (χ3n) is 3.22. The fourth-order valence-corrected chi connectivity index (χ4v) is 3.00. The average Bonchev–Trinajstić information content (AvgIpc) is 2.40. The summed E-state index contributed by atoms with van der Waals surface area (Å²) in [7, 11) is 0. The van der Waals surface area contributed by atoms with Crippen LogP contribution in [0.3, 0.4) is 0 Å². The predicted octanol–water partition coefficient (Wildman–Crippen LogP) is 4.16. The summed E-state index contributed by atoms with van der Waals surface area (Å²) >= 11 is 9.18. The highest BCUT2D eigenvalue weighted by molar-refractivity contribution is 9.10. The largest absolute Gasteiger partial charge is 0.388 e. The van der Waals surface area contributed by atoms with Crippen molar-refractivity contribution in [3.05, 3.63) is 68.7 Å². The number of hydrogen-bond acceptors (Lipinski definition) is 2. The summed E-state index contributed by atoms with van der Waals surface area (Å²) in [6.45, 7) is 0.0840. The van der Waals surface area contributed by atoms with Crippen molar-refractivity contribution < 1.29 is 13.9 Å². The van der Waals surface area contributed by atoms with Crippen molar-refractivity contribution in [2.75, 3.05) is 6.54 Å². The number of aliphatic hydroxyl groups is 1. The fraction of sp³-hybridized carbons (Fsp3) is 0.200. The second kappa shape index (κ2) is 6.83. The molecule has 2 unspecified atom stereocenters. The van der Waals surface area contributed by atoms with Gasteiger partial charge in [-0.05, 0) is 41.5 Å². The smallest absolute Gasteiger partial charge is 0.124 e. The van der Waals surface area contributed by atoms with Crippen LogP contribution in [-0.2, 0) is 0 Å². The Bertz CT molecular complexity index is 633. The van der Waals surface area contributed by atoms with Crippen molar-refractivity contribution >= 4 is 27.5 Å². The van der Waals surface area contributed by atoms with E-state index in [0.29, 0.717) is 15.6 Å². The zero-order valence-corrected chi connectivity index (χ0v) is 13.2. The quantitative estimate of drug-likeness (QED) is 0.842. The van der Waals surface area contributed by atoms with Gasteiger partial charge in [-0.3, -0.25) is 0 Å². The Morgan fingerprint density at radius 2 is 1.86 bits per heavy atom. The van der Waals surface area contributed by atoms with Gasteiger partial charge in [0.05, 0.1) is 6.10 Å². The number of aliphatic hydroxyl groups excluding tert-OH is 1. The van der Waals surface area contributed by atoms with E-state index in [1.807, 2.05) is 0 Å². The third-order valence-corrected chi connectivity index (χ3v) is 4.01. The van der Waals surface area contributed by atoms with Gasteiger partial charge in [-0.15, -0.1) is 0 Å². The Morgan fingerprint density at radius 3 is 2.43 bits per heavy atom. The Balaban J connectivity index is 2.40. The Morgan fingerprint density at radius 1 is 1.14 bits per heavy atom. The molecule has 0 amide bonds. The molecule has 0 aliphatic heterocycles. The molecule has 0 saturated carbocycles. The maximum Gasteiger partial charge on any atom is 0.124 e. The van der Waals surface area contributed by atoms with Gasteiger partial charge in [0, 0.05) is 22.0 Å². The van der Waals surface area contributed by atoms with Gasteiger partial charge in [0.1, 0.15) is 11.6 Å². The number of hydrogen-bond donors (Lipinski definition) is 2. The van der Waals surface area contributed by atoms with Gasteiger partial charge in [-0.25, -0.2) is 8.78 Å². The molecule has 0 fully saturated rings. The lowest BCUT2D eigenvalue weighted by atomic mass is 9.89. The van der Waals surface area contributed by atoms with E-state index in [1.54, 1.807) is 6.07 Å². The molecule has 0 spiro atoms. The van der Waals surface area contributed by atoms with E-state index >= 15 is 0 Å². The van der Waals surface area contributed by atoms with Gasteiger partial charge in [0.2, 0.25) is 0 Å². The predicted molar refractivity (Wildman–Crippen MR) is 82.3 cm³/mol. The molecular weight excluding hydrogens is 364 g/mol. The first-order valence-electron chi connectivity index (χ1n) is 6.21. The topological polar surface area (TPSA) is 46.2 Å². The lowest BCUT2D eigenvalue weighted by molar-refractivity contribution is 0.147. The van der Waals surface area contributed by atoms with Crippen molar-refractivity contribution in [2.24, 2.45) is 5.73 Å². The maximum atomic E-state index is 13.4. The fourth-order valence-electron chi connectivity index (χ4n) is 2.21. The van der Waals surface area contributed by atoms with Gasteiger partial charge in [-0.1, -0.05) is 33.6 Å². The van der Waals surface area contributed by atoms with E-state index in [1.165, 1.54) is 24.3 Å². The molecule has 2 aromatic carbocycles. The molecule has 112 valence electrons. The normalized spacial score (nSPS) is 14.0. The summed E-state index contributed by atoms with van der Waals surface area (Å²) in [5, 5.41) is 10.6. The Labute approximate surface area is 134 Å². The van der Waals surface area contributed by atoms with Crippen LogP contribution >= 0.6 is 27.5 Å². The molecule has 0 saturated heterocycles. The highest BCUT2D eigenvalue weighted by atomic mass is 79.9. The first kappa shape index (κ1) is 16.4. The van der Waals surface area contributed by atoms with Crippen molar-refractivity contribution in [1.29, 1.82) is 0 Å². The van der Waals surface area contributed by atoms with Crippen molar-refractivity contribution in [3.63, 3.8) is 0 Å². The first-order chi connectivity index (χ1) is 9.92. The zero-order chi connectivity index (χ0) is 15.6. The molecule has 0 radical (unpaired) electrons. The lowest BCUT2D eigenvalue weighted by Gasteiger charge is -2.23. The minimum atomic E-state index is -1.05. The number of rotatable bonds is 4. The molecule has 0 heterocycles. The van der Waals surface area contributed by atoms with Crippen molar-refractivity contribution in [2.45, 2.75) is 12.0 Å². The second-order valence-corrected chi connectivity index (χ2v) is 5.98. The molecule has 2 rings (SSSR count). The van der Waals surface area contributed by atoms with Gasteiger partial charge >= 0.3 is 0 Å². The summed E-state index contributed by atoms with van der Waals surface area (Å²) in [6, 6.07) is 8.01. The van der Waals surface area contributed by atoms with Crippen LogP contribution in [0.4, 0.5) is 8.78 Å². The van der Waals surface area contributed by atoms with Gasteiger partial charge < -0.3 is 10.8 Å². The molecule has 2 nitrogen and oxygen atoms in total. The van der Waals surface area contributed by atoms with E-state index in [2.05, 4.69) is 15.9 Å². The second-order valence-electron chi connectivity index (χ2n) is 4.66. The standard InChI is InChI=1S/C15H13BrClF2NO/c16-9-3-8(4-11(19)5-9)15(21)13(7-20)12-2-1-10(18)6-14(12)17/h1-6,13,15,21H,7,20H2. The van der Waals surface area contributed by atoms with E-state index in [9.17, 15) is 13.9 Å². The van der Waals surface area contributed by atoms with Gasteiger partial charge in [0.15, 0.2) is 0 Å². The monoisotopic (exact) mass is 375 g/mol. The van der Waals surface area contributed by atoms with Crippen LogP contribution in [0.2, 0.25) is 5.02 Å². The van der Waals surface area contributed by atoms with E-state index < -0.39 is 23.7 Å². The highest BCUT2D eigenvalue weighted by Crippen LogP contribution is 2.35. The van der Waals surface area contributed by atoms with Gasteiger partial charge in [0.25, 0.3) is 0 Å². The summed E-state index contributed by atoms with van der Waals surface area (Å²) in [5.74, 6) is -1.51. The van der Waals surface area contributed by atoms with Crippen molar-refractivity contribution in [1.82, 2.24) is 0 Å². The van der Waals surface area contributed by atoms with Crippen LogP contribution in [0.5, 0.6) is 0 Å². The maximum absolute atomic E-state index is 13.4. The van der Waals surface area contributed by atoms with E-state index in [-0.39, 0.29) is 11.6 Å². The molecule has 0 aliphatic carbocycles. The minimum absolute atomic E-state index is 0.0840. The van der Waals surface area contributed by atoms with E-state index in [0.717, 1.165) is 6.07 Å². The molecular formula is C15H13BrClF2NO.